The lowest BCUT2D eigenvalue weighted by atomic mass is 9.87. The smallest absolute Gasteiger partial charge is 0.262 e. The lowest BCUT2D eigenvalue weighted by Gasteiger charge is -2.30. The summed E-state index contributed by atoms with van der Waals surface area (Å²) in [6.07, 6.45) is 3.82. The number of methoxy groups -OCH3 is 1. The van der Waals surface area contributed by atoms with Crippen molar-refractivity contribution in [2.75, 3.05) is 37.9 Å². The Kier molecular flexibility index (Phi) is 7.34. The zero-order chi connectivity index (χ0) is 24.2. The molecule has 178 valence electrons. The van der Waals surface area contributed by atoms with Gasteiger partial charge in [-0.05, 0) is 87.6 Å². The minimum Gasteiger partial charge on any atom is -0.480 e. The van der Waals surface area contributed by atoms with Crippen molar-refractivity contribution in [1.82, 2.24) is 14.9 Å². The molecule has 34 heavy (non-hydrogen) atoms. The van der Waals surface area contributed by atoms with E-state index in [1.807, 2.05) is 19.1 Å². The first-order valence-electron chi connectivity index (χ1n) is 11.4. The van der Waals surface area contributed by atoms with Gasteiger partial charge in [-0.25, -0.2) is 4.98 Å². The van der Waals surface area contributed by atoms with Gasteiger partial charge in [0.2, 0.25) is 11.8 Å². The van der Waals surface area contributed by atoms with Crippen molar-refractivity contribution in [3.8, 4) is 5.88 Å². The summed E-state index contributed by atoms with van der Waals surface area (Å²) in [6.45, 7) is 6.29. The molecule has 3 aromatic rings. The Morgan fingerprint density at radius 1 is 1.15 bits per heavy atom. The zero-order valence-corrected chi connectivity index (χ0v) is 20.7. The Morgan fingerprint density at radius 2 is 1.91 bits per heavy atom. The molecule has 1 aliphatic heterocycles. The number of ether oxygens (including phenoxy) is 1. The molecular weight excluding hydrogens is 450 g/mol. The Hall–Kier alpha value is -3.16. The van der Waals surface area contributed by atoms with Crippen LogP contribution in [0.1, 0.15) is 45.8 Å². The number of benzene rings is 2. The first-order chi connectivity index (χ1) is 16.4. The third kappa shape index (κ3) is 5.32. The van der Waals surface area contributed by atoms with E-state index in [9.17, 15) is 4.79 Å². The molecule has 1 amide bonds. The fourth-order valence-corrected chi connectivity index (χ4v) is 4.64. The fourth-order valence-electron chi connectivity index (χ4n) is 4.37. The van der Waals surface area contributed by atoms with Crippen LogP contribution < -0.4 is 15.4 Å². The van der Waals surface area contributed by atoms with Crippen molar-refractivity contribution in [3.63, 3.8) is 0 Å². The summed E-state index contributed by atoms with van der Waals surface area (Å²) in [5.41, 5.74) is 5.18. The van der Waals surface area contributed by atoms with Crippen molar-refractivity contribution in [2.45, 2.75) is 32.6 Å². The van der Waals surface area contributed by atoms with Crippen LogP contribution in [0.4, 0.5) is 17.3 Å². The third-order valence-electron chi connectivity index (χ3n) is 6.34. The van der Waals surface area contributed by atoms with Gasteiger partial charge in [0.25, 0.3) is 5.91 Å². The van der Waals surface area contributed by atoms with Gasteiger partial charge in [0, 0.05) is 11.9 Å². The highest BCUT2D eigenvalue weighted by molar-refractivity contribution is 6.34. The molecule has 0 saturated carbocycles. The molecule has 0 bridgehead atoms. The third-order valence-corrected chi connectivity index (χ3v) is 6.65. The predicted molar refractivity (Wildman–Crippen MR) is 137 cm³/mol. The van der Waals surface area contributed by atoms with E-state index >= 15 is 0 Å². The molecule has 2 aromatic carbocycles. The number of hydrogen-bond acceptors (Lipinski definition) is 6. The summed E-state index contributed by atoms with van der Waals surface area (Å²) in [4.78, 5) is 24.0. The first kappa shape index (κ1) is 24.0. The standard InChI is InChI=1S/C26H30ClN5O2/c1-16-6-5-7-22(27)23(16)30-24(33)21-15-28-26(31-25(21)34-4)29-19-8-9-20(17(2)14-19)18-10-12-32(3)13-11-18/h5-9,14-15,18H,10-13H2,1-4H3,(H,30,33)(H,28,29,31). The molecule has 8 heteroatoms. The van der Waals surface area contributed by atoms with Crippen LogP contribution in [0.15, 0.2) is 42.6 Å². The average Bonchev–Trinajstić information content (AvgIpc) is 2.82. The van der Waals surface area contributed by atoms with Gasteiger partial charge >= 0.3 is 0 Å². The number of rotatable bonds is 6. The van der Waals surface area contributed by atoms with Crippen molar-refractivity contribution in [2.24, 2.45) is 0 Å². The predicted octanol–water partition coefficient (Wildman–Crippen LogP) is 5.56. The number of nitrogens with zero attached hydrogens (tertiary/aromatic N) is 3. The summed E-state index contributed by atoms with van der Waals surface area (Å²) < 4.78 is 5.38. The summed E-state index contributed by atoms with van der Waals surface area (Å²) in [6, 6.07) is 11.8. The van der Waals surface area contributed by atoms with Crippen molar-refractivity contribution >= 4 is 34.8 Å². The number of aromatic nitrogens is 2. The van der Waals surface area contributed by atoms with Crippen molar-refractivity contribution in [1.29, 1.82) is 0 Å². The fraction of sp³-hybridized carbons (Fsp3) is 0.346. The largest absolute Gasteiger partial charge is 0.480 e. The molecule has 0 spiro atoms. The second-order valence-corrected chi connectivity index (χ2v) is 9.18. The second-order valence-electron chi connectivity index (χ2n) is 8.78. The molecule has 1 fully saturated rings. The molecular formula is C26H30ClN5O2. The van der Waals surface area contributed by atoms with E-state index in [4.69, 9.17) is 16.3 Å². The lowest BCUT2D eigenvalue weighted by molar-refractivity contribution is 0.102. The van der Waals surface area contributed by atoms with E-state index in [1.54, 1.807) is 6.07 Å². The van der Waals surface area contributed by atoms with E-state index in [0.29, 0.717) is 22.6 Å². The van der Waals surface area contributed by atoms with Gasteiger partial charge < -0.3 is 20.3 Å². The quantitative estimate of drug-likeness (QED) is 0.481. The zero-order valence-electron chi connectivity index (χ0n) is 20.0. The van der Waals surface area contributed by atoms with Crippen molar-refractivity contribution < 1.29 is 9.53 Å². The number of anilines is 3. The Morgan fingerprint density at radius 3 is 2.59 bits per heavy atom. The Balaban J connectivity index is 1.49. The van der Waals surface area contributed by atoms with Crippen LogP contribution in [0.3, 0.4) is 0 Å². The van der Waals surface area contributed by atoms with Gasteiger partial charge in [-0.1, -0.05) is 29.8 Å². The molecule has 1 aromatic heterocycles. The Bertz CT molecular complexity index is 1170. The van der Waals surface area contributed by atoms with Crippen molar-refractivity contribution in [3.05, 3.63) is 69.9 Å². The molecule has 0 aliphatic carbocycles. The number of para-hydroxylation sites is 1. The molecule has 7 nitrogen and oxygen atoms in total. The molecule has 1 saturated heterocycles. The summed E-state index contributed by atoms with van der Waals surface area (Å²) in [5, 5.41) is 6.52. The highest BCUT2D eigenvalue weighted by Gasteiger charge is 2.21. The van der Waals surface area contributed by atoms with Gasteiger partial charge in [-0.2, -0.15) is 4.98 Å². The number of halogens is 1. The number of nitrogens with one attached hydrogen (secondary N) is 2. The maximum atomic E-state index is 12.9. The molecule has 4 rings (SSSR count). The van der Waals surface area contributed by atoms with E-state index in [0.717, 1.165) is 24.3 Å². The Labute approximate surface area is 205 Å². The molecule has 1 aliphatic rings. The highest BCUT2D eigenvalue weighted by atomic mass is 35.5. The maximum Gasteiger partial charge on any atom is 0.262 e. The number of aryl methyl sites for hydroxylation is 2. The van der Waals surface area contributed by atoms with Gasteiger partial charge in [-0.3, -0.25) is 4.79 Å². The van der Waals surface area contributed by atoms with E-state index in [1.165, 1.54) is 37.3 Å². The van der Waals surface area contributed by atoms with Crippen LogP contribution in [0.25, 0.3) is 0 Å². The minimum absolute atomic E-state index is 0.180. The van der Waals surface area contributed by atoms with Crippen LogP contribution in [0.5, 0.6) is 5.88 Å². The summed E-state index contributed by atoms with van der Waals surface area (Å²) in [5.74, 6) is 0.743. The molecule has 0 radical (unpaired) electrons. The first-order valence-corrected chi connectivity index (χ1v) is 11.8. The van der Waals surface area contributed by atoms with Crippen LogP contribution in [0, 0.1) is 13.8 Å². The van der Waals surface area contributed by atoms with Gasteiger partial charge in [0.15, 0.2) is 0 Å². The van der Waals surface area contributed by atoms with Crippen LogP contribution in [-0.4, -0.2) is 48.0 Å². The summed E-state index contributed by atoms with van der Waals surface area (Å²) in [7, 11) is 3.65. The summed E-state index contributed by atoms with van der Waals surface area (Å²) >= 11 is 6.24. The van der Waals surface area contributed by atoms with E-state index in [2.05, 4.69) is 57.7 Å². The minimum atomic E-state index is -0.391. The average molecular weight is 480 g/mol. The monoisotopic (exact) mass is 479 g/mol. The number of piperidine rings is 1. The SMILES string of the molecule is COc1nc(Nc2ccc(C3CCN(C)CC3)c(C)c2)ncc1C(=O)Nc1c(C)cccc1Cl. The van der Waals surface area contributed by atoms with Gasteiger partial charge in [0.05, 0.1) is 17.8 Å². The topological polar surface area (TPSA) is 79.4 Å². The van der Waals surface area contributed by atoms with Gasteiger partial charge in [-0.15, -0.1) is 0 Å². The van der Waals surface area contributed by atoms with Crippen LogP contribution in [-0.2, 0) is 0 Å². The molecule has 0 atom stereocenters. The molecule has 2 heterocycles. The normalized spacial score (nSPS) is 14.6. The van der Waals surface area contributed by atoms with E-state index in [-0.39, 0.29) is 11.4 Å². The molecule has 0 unspecified atom stereocenters. The van der Waals surface area contributed by atoms with E-state index < -0.39 is 5.91 Å². The van der Waals surface area contributed by atoms with Crippen LogP contribution in [0.2, 0.25) is 5.02 Å². The number of likely N-dealkylation sites (tertiary alicyclic amines) is 1. The molecule has 2 N–H and O–H groups in total. The highest BCUT2D eigenvalue weighted by Crippen LogP contribution is 2.32. The number of hydrogen-bond donors (Lipinski definition) is 2. The lowest BCUT2D eigenvalue weighted by Crippen LogP contribution is -2.29. The number of carbonyl (C=O) groups excluding carboxylic acids is 1. The maximum absolute atomic E-state index is 12.9. The second kappa shape index (κ2) is 10.4. The number of amides is 1. The number of carbonyl (C=O) groups is 1. The van der Waals surface area contributed by atoms with Gasteiger partial charge in [0.1, 0.15) is 5.56 Å². The van der Waals surface area contributed by atoms with Crippen LogP contribution >= 0.6 is 11.6 Å².